The minimum absolute atomic E-state index is 0.0880. The number of hydrogen-bond acceptors (Lipinski definition) is 10. The van der Waals surface area contributed by atoms with Crippen LogP contribution in [0, 0.1) is 11.3 Å². The molecule has 0 amide bonds. The van der Waals surface area contributed by atoms with E-state index in [0.29, 0.717) is 54.7 Å². The molecule has 0 aliphatic carbocycles. The number of carbonyl (C=O) groups excluding carboxylic acids is 1. The first kappa shape index (κ1) is 34.3. The number of ether oxygens (including phenoxy) is 5. The summed E-state index contributed by atoms with van der Waals surface area (Å²) in [6, 6.07) is 17.0. The predicted molar refractivity (Wildman–Crippen MR) is 183 cm³/mol. The first-order valence-corrected chi connectivity index (χ1v) is 16.3. The fourth-order valence-corrected chi connectivity index (χ4v) is 6.58. The van der Waals surface area contributed by atoms with Crippen molar-refractivity contribution in [2.75, 3.05) is 20.8 Å². The molecule has 0 unspecified atom stereocenters. The lowest BCUT2D eigenvalue weighted by Gasteiger charge is -2.25. The smallest absolute Gasteiger partial charge is 0.338 e. The van der Waals surface area contributed by atoms with Crippen molar-refractivity contribution in [3.8, 4) is 29.1 Å². The van der Waals surface area contributed by atoms with Crippen molar-refractivity contribution >= 4 is 35.0 Å². The van der Waals surface area contributed by atoms with Crippen LogP contribution in [0.2, 0.25) is 5.02 Å². The van der Waals surface area contributed by atoms with Gasteiger partial charge in [0, 0.05) is 0 Å². The fourth-order valence-electron chi connectivity index (χ4n) is 5.26. The molecule has 2 heterocycles. The lowest BCUT2D eigenvalue weighted by Crippen LogP contribution is -2.40. The molecule has 4 aromatic rings. The highest BCUT2D eigenvalue weighted by Crippen LogP contribution is 2.38. The lowest BCUT2D eigenvalue weighted by atomic mass is 9.95. The van der Waals surface area contributed by atoms with Crippen LogP contribution in [-0.2, 0) is 16.1 Å². The number of thiazole rings is 1. The van der Waals surface area contributed by atoms with Gasteiger partial charge >= 0.3 is 5.97 Å². The van der Waals surface area contributed by atoms with Crippen LogP contribution in [0.4, 0.5) is 0 Å². The summed E-state index contributed by atoms with van der Waals surface area (Å²) in [5.41, 5.74) is 2.98. The van der Waals surface area contributed by atoms with Gasteiger partial charge < -0.3 is 23.7 Å². The summed E-state index contributed by atoms with van der Waals surface area (Å²) in [6.45, 7) is 7.64. The van der Waals surface area contributed by atoms with Crippen molar-refractivity contribution < 1.29 is 28.5 Å². The van der Waals surface area contributed by atoms with Crippen LogP contribution in [0.5, 0.6) is 23.0 Å². The molecule has 0 N–H and O–H groups in total. The number of carbonyl (C=O) groups is 1. The number of esters is 1. The summed E-state index contributed by atoms with van der Waals surface area (Å²) < 4.78 is 30.4. The van der Waals surface area contributed by atoms with Crippen molar-refractivity contribution in [2.45, 2.75) is 46.4 Å². The third kappa shape index (κ3) is 7.10. The molecule has 10 nitrogen and oxygen atoms in total. The second-order valence-corrected chi connectivity index (χ2v) is 12.4. The van der Waals surface area contributed by atoms with E-state index in [4.69, 9.17) is 40.5 Å². The monoisotopic (exact) mass is 687 g/mol. The van der Waals surface area contributed by atoms with Gasteiger partial charge in [0.2, 0.25) is 0 Å². The number of halogens is 1. The number of rotatable bonds is 11. The number of fused-ring (bicyclic) bond motifs is 1. The molecule has 5 rings (SSSR count). The Hall–Kier alpha value is -5.05. The van der Waals surface area contributed by atoms with Gasteiger partial charge in [-0.05, 0) is 86.9 Å². The number of nitrogens with zero attached hydrogens (tertiary/aromatic N) is 3. The van der Waals surface area contributed by atoms with E-state index in [2.05, 4.69) is 11.1 Å². The van der Waals surface area contributed by atoms with E-state index in [0.717, 1.165) is 5.56 Å². The fraction of sp³-hybridized carbons (Fsp3) is 0.278. The highest BCUT2D eigenvalue weighted by atomic mass is 35.5. The van der Waals surface area contributed by atoms with Gasteiger partial charge in [0.15, 0.2) is 27.8 Å². The third-order valence-electron chi connectivity index (χ3n) is 7.40. The Morgan fingerprint density at radius 3 is 2.46 bits per heavy atom. The van der Waals surface area contributed by atoms with Crippen LogP contribution >= 0.6 is 22.9 Å². The normalized spacial score (nSPS) is 14.2. The highest BCUT2D eigenvalue weighted by Gasteiger charge is 2.34. The maximum atomic E-state index is 14.2. The van der Waals surface area contributed by atoms with E-state index in [9.17, 15) is 9.59 Å². The summed E-state index contributed by atoms with van der Waals surface area (Å²) in [5.74, 6) is 1.16. The van der Waals surface area contributed by atoms with Crippen LogP contribution < -0.4 is 33.8 Å². The van der Waals surface area contributed by atoms with Gasteiger partial charge in [-0.15, -0.1) is 0 Å². The average molecular weight is 688 g/mol. The van der Waals surface area contributed by atoms with Gasteiger partial charge in [0.05, 0.1) is 65.4 Å². The summed E-state index contributed by atoms with van der Waals surface area (Å²) in [4.78, 5) is 32.6. The molecule has 248 valence electrons. The van der Waals surface area contributed by atoms with Crippen molar-refractivity contribution in [3.63, 3.8) is 0 Å². The largest absolute Gasteiger partial charge is 0.493 e. The summed E-state index contributed by atoms with van der Waals surface area (Å²) in [7, 11) is 3.04. The van der Waals surface area contributed by atoms with Crippen LogP contribution in [0.3, 0.4) is 0 Å². The number of benzene rings is 3. The highest BCUT2D eigenvalue weighted by molar-refractivity contribution is 7.07. The molecule has 0 fully saturated rings. The van der Waals surface area contributed by atoms with E-state index in [-0.39, 0.29) is 35.5 Å². The second kappa shape index (κ2) is 14.8. The summed E-state index contributed by atoms with van der Waals surface area (Å²) in [5, 5.41) is 9.34. The predicted octanol–water partition coefficient (Wildman–Crippen LogP) is 5.71. The Morgan fingerprint density at radius 1 is 1.08 bits per heavy atom. The first-order chi connectivity index (χ1) is 23.1. The molecule has 12 heteroatoms. The number of aromatic nitrogens is 1. The second-order valence-electron chi connectivity index (χ2n) is 11.0. The molecule has 0 bridgehead atoms. The molecule has 1 aromatic heterocycles. The topological polar surface area (TPSA) is 121 Å². The van der Waals surface area contributed by atoms with E-state index in [1.807, 2.05) is 13.8 Å². The van der Waals surface area contributed by atoms with Gasteiger partial charge in [0.1, 0.15) is 6.61 Å². The quantitative estimate of drug-likeness (QED) is 0.184. The van der Waals surface area contributed by atoms with Gasteiger partial charge in [-0.3, -0.25) is 9.36 Å². The molecule has 1 aliphatic heterocycles. The molecule has 1 atom stereocenters. The van der Waals surface area contributed by atoms with E-state index in [1.54, 1.807) is 74.5 Å². The zero-order valence-corrected chi connectivity index (χ0v) is 28.9. The third-order valence-corrected chi connectivity index (χ3v) is 8.66. The Kier molecular flexibility index (Phi) is 10.6. The molecule has 0 saturated heterocycles. The first-order valence-electron chi connectivity index (χ1n) is 15.1. The lowest BCUT2D eigenvalue weighted by molar-refractivity contribution is -0.139. The maximum absolute atomic E-state index is 14.2. The number of methoxy groups -OCH3 is 2. The summed E-state index contributed by atoms with van der Waals surface area (Å²) >= 11 is 7.86. The minimum atomic E-state index is -0.833. The van der Waals surface area contributed by atoms with Crippen molar-refractivity contribution in [1.29, 1.82) is 5.26 Å². The SMILES string of the molecule is CCOC(=O)C1=C(C)N=c2s/c(=C/c3cc(Cl)c(OCc4ccc(C#N)cc4)c(OC)c3)c(=O)n2[C@H]1c1ccc(OC(C)C)c(OC)c1. The van der Waals surface area contributed by atoms with Crippen molar-refractivity contribution in [3.05, 3.63) is 113 Å². The van der Waals surface area contributed by atoms with Crippen LogP contribution in [-0.4, -0.2) is 37.5 Å². The van der Waals surface area contributed by atoms with Gasteiger partial charge in [-0.2, -0.15) is 5.26 Å². The molecule has 0 saturated carbocycles. The number of allylic oxidation sites excluding steroid dienone is 1. The van der Waals surface area contributed by atoms with Crippen LogP contribution in [0.1, 0.15) is 56.0 Å². The van der Waals surface area contributed by atoms with Crippen molar-refractivity contribution in [1.82, 2.24) is 4.57 Å². The molecule has 0 radical (unpaired) electrons. The molecule has 1 aliphatic rings. The Bertz CT molecular complexity index is 2110. The van der Waals surface area contributed by atoms with E-state index < -0.39 is 12.0 Å². The zero-order chi connectivity index (χ0) is 34.5. The maximum Gasteiger partial charge on any atom is 0.338 e. The number of hydrogen-bond donors (Lipinski definition) is 0. The van der Waals surface area contributed by atoms with Crippen LogP contribution in [0.15, 0.2) is 75.7 Å². The van der Waals surface area contributed by atoms with Crippen molar-refractivity contribution in [2.24, 2.45) is 4.99 Å². The average Bonchev–Trinajstić information content (AvgIpc) is 3.37. The van der Waals surface area contributed by atoms with E-state index in [1.165, 1.54) is 30.1 Å². The Balaban J connectivity index is 1.58. The van der Waals surface area contributed by atoms with E-state index >= 15 is 0 Å². The van der Waals surface area contributed by atoms with Crippen LogP contribution in [0.25, 0.3) is 6.08 Å². The van der Waals surface area contributed by atoms with Gasteiger partial charge in [0.25, 0.3) is 5.56 Å². The molecular weight excluding hydrogens is 654 g/mol. The molecule has 48 heavy (non-hydrogen) atoms. The summed E-state index contributed by atoms with van der Waals surface area (Å²) in [6.07, 6.45) is 1.61. The Labute approximate surface area is 286 Å². The zero-order valence-electron chi connectivity index (χ0n) is 27.3. The molecule has 0 spiro atoms. The minimum Gasteiger partial charge on any atom is -0.493 e. The van der Waals surface area contributed by atoms with Gasteiger partial charge in [-0.1, -0.05) is 41.1 Å². The Morgan fingerprint density at radius 2 is 1.81 bits per heavy atom. The standard InChI is InChI=1S/C36H34ClN3O7S/c1-7-45-35(42)31-21(4)39-36-40(32(31)25-12-13-27(47-20(2)3)28(17-25)43-5)34(41)30(48-36)16-24-14-26(37)33(29(15-24)44-6)46-19-23-10-8-22(18-38)9-11-23/h8-17,20,32H,7,19H2,1-6H3/b30-16+/t32-/m0/s1. The number of nitriles is 1. The van der Waals surface area contributed by atoms with Gasteiger partial charge in [-0.25, -0.2) is 9.79 Å². The molecule has 3 aromatic carbocycles. The molecular formula is C36H34ClN3O7S.